The Bertz CT molecular complexity index is 839. The third-order valence-electron chi connectivity index (χ3n) is 5.67. The van der Waals surface area contributed by atoms with Crippen LogP contribution in [0.1, 0.15) is 33.7 Å². The van der Waals surface area contributed by atoms with Gasteiger partial charge in [-0.25, -0.2) is 0 Å². The molecule has 0 radical (unpaired) electrons. The predicted octanol–water partition coefficient (Wildman–Crippen LogP) is 1.31. The van der Waals surface area contributed by atoms with Gasteiger partial charge in [0, 0.05) is 45.3 Å². The highest BCUT2D eigenvalue weighted by molar-refractivity contribution is 5.93. The van der Waals surface area contributed by atoms with Crippen molar-refractivity contribution in [2.24, 2.45) is 0 Å². The quantitative estimate of drug-likeness (QED) is 0.885. The fraction of sp³-hybridized carbons (Fsp3) is 0.550. The second-order valence-corrected chi connectivity index (χ2v) is 7.69. The van der Waals surface area contributed by atoms with Gasteiger partial charge in [0.1, 0.15) is 0 Å². The Morgan fingerprint density at radius 1 is 1.11 bits per heavy atom. The smallest absolute Gasteiger partial charge is 0.276 e. The number of carbonyl (C=O) groups excluding carboxylic acids is 1. The van der Waals surface area contributed by atoms with Crippen molar-refractivity contribution in [1.82, 2.24) is 30.1 Å². The van der Waals surface area contributed by atoms with Crippen molar-refractivity contribution < 1.29 is 4.79 Å². The van der Waals surface area contributed by atoms with Crippen LogP contribution in [0.15, 0.2) is 18.2 Å². The Labute approximate surface area is 160 Å². The van der Waals surface area contributed by atoms with Gasteiger partial charge >= 0.3 is 0 Å². The molecule has 1 atom stereocenters. The van der Waals surface area contributed by atoms with Crippen molar-refractivity contribution in [3.63, 3.8) is 0 Å². The zero-order valence-electron chi connectivity index (χ0n) is 16.4. The van der Waals surface area contributed by atoms with E-state index in [1.807, 2.05) is 30.9 Å². The second-order valence-electron chi connectivity index (χ2n) is 7.69. The minimum atomic E-state index is 0.00106. The van der Waals surface area contributed by atoms with Crippen molar-refractivity contribution in [2.75, 3.05) is 39.3 Å². The van der Waals surface area contributed by atoms with E-state index in [4.69, 9.17) is 0 Å². The van der Waals surface area contributed by atoms with E-state index in [2.05, 4.69) is 33.4 Å². The third-order valence-corrected chi connectivity index (χ3v) is 5.67. The molecule has 7 nitrogen and oxygen atoms in total. The molecule has 27 heavy (non-hydrogen) atoms. The number of nitrogens with zero attached hydrogens (tertiary/aromatic N) is 5. The molecule has 0 bridgehead atoms. The summed E-state index contributed by atoms with van der Waals surface area (Å²) in [7, 11) is 0. The molecule has 1 aromatic heterocycles. The molecular formula is C20H28N6O. The summed E-state index contributed by atoms with van der Waals surface area (Å²) in [4.78, 5) is 19.1. The van der Waals surface area contributed by atoms with E-state index in [0.29, 0.717) is 17.4 Å². The maximum atomic E-state index is 13.1. The average Bonchev–Trinajstić information content (AvgIpc) is 3.29. The zero-order chi connectivity index (χ0) is 19.0. The van der Waals surface area contributed by atoms with E-state index in [1.165, 1.54) is 5.56 Å². The van der Waals surface area contributed by atoms with E-state index in [0.717, 1.165) is 56.9 Å². The largest absolute Gasteiger partial charge is 0.336 e. The Kier molecular flexibility index (Phi) is 4.97. The van der Waals surface area contributed by atoms with Crippen LogP contribution in [0.2, 0.25) is 0 Å². The van der Waals surface area contributed by atoms with E-state index in [1.54, 1.807) is 4.80 Å². The maximum Gasteiger partial charge on any atom is 0.276 e. The van der Waals surface area contributed by atoms with E-state index in [-0.39, 0.29) is 5.91 Å². The van der Waals surface area contributed by atoms with Crippen molar-refractivity contribution >= 4 is 5.91 Å². The normalized spacial score (nSPS) is 21.0. The topological polar surface area (TPSA) is 66.3 Å². The number of piperazine rings is 1. The van der Waals surface area contributed by atoms with Crippen molar-refractivity contribution in [3.05, 3.63) is 40.7 Å². The minimum absolute atomic E-state index is 0.00106. The van der Waals surface area contributed by atoms with Crippen molar-refractivity contribution in [1.29, 1.82) is 0 Å². The predicted molar refractivity (Wildman–Crippen MR) is 104 cm³/mol. The molecule has 7 heteroatoms. The molecule has 2 saturated heterocycles. The van der Waals surface area contributed by atoms with Gasteiger partial charge < -0.3 is 10.2 Å². The Morgan fingerprint density at radius 2 is 1.89 bits per heavy atom. The molecule has 0 spiro atoms. The van der Waals surface area contributed by atoms with Gasteiger partial charge in [-0.15, -0.1) is 5.10 Å². The molecule has 144 valence electrons. The van der Waals surface area contributed by atoms with Gasteiger partial charge in [0.15, 0.2) is 5.69 Å². The number of nitrogens with one attached hydrogen (secondary N) is 1. The van der Waals surface area contributed by atoms with Crippen LogP contribution in [0.3, 0.4) is 0 Å². The molecule has 1 N–H and O–H groups in total. The molecule has 2 aliphatic heterocycles. The summed E-state index contributed by atoms with van der Waals surface area (Å²) >= 11 is 0. The molecule has 1 amide bonds. The fourth-order valence-electron chi connectivity index (χ4n) is 4.14. The highest BCUT2D eigenvalue weighted by atomic mass is 16.2. The molecule has 3 heterocycles. The van der Waals surface area contributed by atoms with Crippen LogP contribution in [-0.4, -0.2) is 76.0 Å². The number of hydrogen-bond acceptors (Lipinski definition) is 5. The van der Waals surface area contributed by atoms with Crippen LogP contribution in [0.25, 0.3) is 5.69 Å². The Hall–Kier alpha value is -2.25. The van der Waals surface area contributed by atoms with Gasteiger partial charge in [-0.1, -0.05) is 17.7 Å². The average molecular weight is 368 g/mol. The number of aryl methyl sites for hydroxylation is 3. The van der Waals surface area contributed by atoms with Gasteiger partial charge in [0.05, 0.1) is 11.4 Å². The number of aromatic nitrogens is 3. The number of hydrogen-bond donors (Lipinski definition) is 1. The van der Waals surface area contributed by atoms with Gasteiger partial charge in [-0.3, -0.25) is 9.69 Å². The zero-order valence-corrected chi connectivity index (χ0v) is 16.4. The molecule has 1 aromatic carbocycles. The summed E-state index contributed by atoms with van der Waals surface area (Å²) in [5.41, 5.74) is 4.38. The summed E-state index contributed by atoms with van der Waals surface area (Å²) in [5, 5.41) is 12.4. The third kappa shape index (κ3) is 3.61. The van der Waals surface area contributed by atoms with Gasteiger partial charge in [-0.2, -0.15) is 9.90 Å². The maximum absolute atomic E-state index is 13.1. The summed E-state index contributed by atoms with van der Waals surface area (Å²) in [6.07, 6.45) is 1.04. The Balaban J connectivity index is 1.50. The van der Waals surface area contributed by atoms with Gasteiger partial charge in [0.25, 0.3) is 5.91 Å². The molecule has 4 rings (SSSR count). The lowest BCUT2D eigenvalue weighted by atomic mass is 10.1. The highest BCUT2D eigenvalue weighted by Gasteiger charge is 2.33. The van der Waals surface area contributed by atoms with Gasteiger partial charge in [0.2, 0.25) is 0 Å². The fourth-order valence-corrected chi connectivity index (χ4v) is 4.14. The van der Waals surface area contributed by atoms with Gasteiger partial charge in [-0.05, 0) is 38.8 Å². The molecule has 0 aliphatic carbocycles. The summed E-state index contributed by atoms with van der Waals surface area (Å²) < 4.78 is 0. The van der Waals surface area contributed by atoms with E-state index >= 15 is 0 Å². The van der Waals surface area contributed by atoms with Crippen LogP contribution in [0.4, 0.5) is 0 Å². The van der Waals surface area contributed by atoms with Crippen LogP contribution in [0.5, 0.6) is 0 Å². The number of benzene rings is 1. The van der Waals surface area contributed by atoms with Crippen molar-refractivity contribution in [2.45, 2.75) is 33.2 Å². The molecule has 2 aliphatic rings. The SMILES string of the molecule is Cc1ccc(-n2nc(C)c(C(=O)N3CCC(N4CCNCC4)C3)n2)c(C)c1. The standard InChI is InChI=1S/C20H28N6O/c1-14-4-5-18(15(2)12-14)26-22-16(3)19(23-26)20(27)25-9-6-17(13-25)24-10-7-21-8-11-24/h4-5,12,17,21H,6-11,13H2,1-3H3. The number of amides is 1. The molecule has 0 saturated carbocycles. The number of carbonyl (C=O) groups is 1. The summed E-state index contributed by atoms with van der Waals surface area (Å²) in [6, 6.07) is 6.62. The highest BCUT2D eigenvalue weighted by Crippen LogP contribution is 2.20. The Morgan fingerprint density at radius 3 is 2.63 bits per heavy atom. The van der Waals surface area contributed by atoms with Crippen molar-refractivity contribution in [3.8, 4) is 5.69 Å². The monoisotopic (exact) mass is 368 g/mol. The first-order valence-electron chi connectivity index (χ1n) is 9.78. The second kappa shape index (κ2) is 7.40. The van der Waals surface area contributed by atoms with Crippen LogP contribution in [-0.2, 0) is 0 Å². The minimum Gasteiger partial charge on any atom is -0.336 e. The first kappa shape index (κ1) is 18.1. The molecule has 2 fully saturated rings. The first-order chi connectivity index (χ1) is 13.0. The number of rotatable bonds is 3. The summed E-state index contributed by atoms with van der Waals surface area (Å²) in [5.74, 6) is 0.00106. The molecular weight excluding hydrogens is 340 g/mol. The lowest BCUT2D eigenvalue weighted by molar-refractivity contribution is 0.0766. The van der Waals surface area contributed by atoms with Crippen LogP contribution >= 0.6 is 0 Å². The first-order valence-corrected chi connectivity index (χ1v) is 9.78. The summed E-state index contributed by atoms with van der Waals surface area (Å²) in [6.45, 7) is 11.8. The lowest BCUT2D eigenvalue weighted by Crippen LogP contribution is -2.49. The lowest BCUT2D eigenvalue weighted by Gasteiger charge is -2.32. The number of likely N-dealkylation sites (tertiary alicyclic amines) is 1. The van der Waals surface area contributed by atoms with Crippen LogP contribution in [0, 0.1) is 20.8 Å². The molecule has 1 unspecified atom stereocenters. The van der Waals surface area contributed by atoms with E-state index in [9.17, 15) is 4.79 Å². The van der Waals surface area contributed by atoms with Crippen LogP contribution < -0.4 is 5.32 Å². The van der Waals surface area contributed by atoms with E-state index < -0.39 is 0 Å². The molecule has 2 aromatic rings.